The van der Waals surface area contributed by atoms with Crippen molar-refractivity contribution in [1.29, 1.82) is 0 Å². The molecule has 86 valence electrons. The molecule has 0 aliphatic rings. The lowest BCUT2D eigenvalue weighted by molar-refractivity contribution is -0.870. The lowest BCUT2D eigenvalue weighted by atomic mass is 10.1. The van der Waals surface area contributed by atoms with E-state index in [2.05, 4.69) is 28.1 Å². The van der Waals surface area contributed by atoms with Crippen molar-refractivity contribution in [3.05, 3.63) is 0 Å². The fourth-order valence-corrected chi connectivity index (χ4v) is 1.19. The van der Waals surface area contributed by atoms with Crippen molar-refractivity contribution in [2.24, 2.45) is 0 Å². The summed E-state index contributed by atoms with van der Waals surface area (Å²) in [7, 11) is 6.79. The van der Waals surface area contributed by atoms with Crippen LogP contribution in [0.25, 0.3) is 0 Å². The van der Waals surface area contributed by atoms with Crippen LogP contribution in [0.4, 0.5) is 0 Å². The summed E-state index contributed by atoms with van der Waals surface area (Å²) in [6, 6.07) is 0. The molecule has 0 aromatic heterocycles. The molecule has 0 aromatic carbocycles. The standard InChI is InChI=1S/C10H24N.CH2O2/c1-5-6-7-8-9-10-11(2,3)4;2-1-3/h5-10H2,1-4H3;1H,(H,2,3)/q+1;. The summed E-state index contributed by atoms with van der Waals surface area (Å²) < 4.78 is 1.12. The maximum atomic E-state index is 8.36. The second-order valence-corrected chi connectivity index (χ2v) is 4.53. The van der Waals surface area contributed by atoms with Gasteiger partial charge in [-0.05, 0) is 12.8 Å². The summed E-state index contributed by atoms with van der Waals surface area (Å²) in [6.07, 6.45) is 7.00. The molecule has 0 bridgehead atoms. The van der Waals surface area contributed by atoms with Crippen molar-refractivity contribution in [2.45, 2.75) is 39.0 Å². The lowest BCUT2D eigenvalue weighted by Crippen LogP contribution is -2.35. The second-order valence-electron chi connectivity index (χ2n) is 4.53. The van der Waals surface area contributed by atoms with Crippen LogP contribution >= 0.6 is 0 Å². The number of nitrogens with zero attached hydrogens (tertiary/aromatic N) is 1. The first-order valence-electron chi connectivity index (χ1n) is 5.36. The van der Waals surface area contributed by atoms with Crippen molar-refractivity contribution in [2.75, 3.05) is 27.7 Å². The van der Waals surface area contributed by atoms with Crippen LogP contribution in [0.5, 0.6) is 0 Å². The first-order chi connectivity index (χ1) is 6.47. The van der Waals surface area contributed by atoms with Crippen molar-refractivity contribution in [3.8, 4) is 0 Å². The Labute approximate surface area is 88.3 Å². The Morgan fingerprint density at radius 1 is 1.07 bits per heavy atom. The minimum Gasteiger partial charge on any atom is -0.483 e. The lowest BCUT2D eigenvalue weighted by Gasteiger charge is -2.23. The van der Waals surface area contributed by atoms with Gasteiger partial charge < -0.3 is 9.59 Å². The third kappa shape index (κ3) is 22.5. The predicted octanol–water partition coefficient (Wildman–Crippen LogP) is 2.36. The Balaban J connectivity index is 0. The monoisotopic (exact) mass is 204 g/mol. The molecule has 0 aliphatic carbocycles. The van der Waals surface area contributed by atoms with Gasteiger partial charge in [0.2, 0.25) is 0 Å². The third-order valence-corrected chi connectivity index (χ3v) is 1.93. The van der Waals surface area contributed by atoms with E-state index in [9.17, 15) is 0 Å². The molecule has 0 saturated carbocycles. The van der Waals surface area contributed by atoms with Crippen LogP contribution in [-0.2, 0) is 4.79 Å². The predicted molar refractivity (Wildman–Crippen MR) is 60.4 cm³/mol. The quantitative estimate of drug-likeness (QED) is 0.410. The van der Waals surface area contributed by atoms with E-state index in [0.717, 1.165) is 4.48 Å². The topological polar surface area (TPSA) is 37.3 Å². The number of unbranched alkanes of at least 4 members (excludes halogenated alkanes) is 4. The fraction of sp³-hybridized carbons (Fsp3) is 0.909. The van der Waals surface area contributed by atoms with Crippen LogP contribution in [-0.4, -0.2) is 43.7 Å². The maximum Gasteiger partial charge on any atom is 0.290 e. The number of carboxylic acid groups (broad SMARTS) is 1. The van der Waals surface area contributed by atoms with E-state index in [1.807, 2.05) is 0 Å². The molecular weight excluding hydrogens is 178 g/mol. The minimum absolute atomic E-state index is 0.250. The second kappa shape index (κ2) is 10.5. The average Bonchev–Trinajstić information content (AvgIpc) is 2.03. The highest BCUT2D eigenvalue weighted by atomic mass is 16.3. The van der Waals surface area contributed by atoms with Gasteiger partial charge in [-0.2, -0.15) is 0 Å². The van der Waals surface area contributed by atoms with Gasteiger partial charge in [0.1, 0.15) is 0 Å². The molecule has 0 saturated heterocycles. The van der Waals surface area contributed by atoms with Crippen LogP contribution in [0.1, 0.15) is 39.0 Å². The highest BCUT2D eigenvalue weighted by Crippen LogP contribution is 2.04. The van der Waals surface area contributed by atoms with E-state index in [1.54, 1.807) is 0 Å². The van der Waals surface area contributed by atoms with Crippen molar-refractivity contribution in [3.63, 3.8) is 0 Å². The number of hydrogen-bond acceptors (Lipinski definition) is 1. The van der Waals surface area contributed by atoms with E-state index in [-0.39, 0.29) is 6.47 Å². The van der Waals surface area contributed by atoms with Crippen LogP contribution in [0, 0.1) is 0 Å². The number of quaternary nitrogens is 1. The van der Waals surface area contributed by atoms with Gasteiger partial charge in [-0.25, -0.2) is 0 Å². The molecule has 0 amide bonds. The molecule has 0 fully saturated rings. The van der Waals surface area contributed by atoms with Gasteiger partial charge in [-0.1, -0.05) is 26.2 Å². The zero-order valence-electron chi connectivity index (χ0n) is 10.1. The summed E-state index contributed by atoms with van der Waals surface area (Å²) in [6.45, 7) is 3.34. The van der Waals surface area contributed by atoms with E-state index in [4.69, 9.17) is 9.90 Å². The highest BCUT2D eigenvalue weighted by molar-refractivity contribution is 5.32. The summed E-state index contributed by atoms with van der Waals surface area (Å²) in [5, 5.41) is 6.89. The Kier molecular flexibility index (Phi) is 11.9. The Morgan fingerprint density at radius 3 is 1.86 bits per heavy atom. The zero-order valence-corrected chi connectivity index (χ0v) is 10.1. The molecule has 3 heteroatoms. The molecule has 14 heavy (non-hydrogen) atoms. The van der Waals surface area contributed by atoms with E-state index < -0.39 is 0 Å². The molecule has 0 spiro atoms. The molecule has 1 N–H and O–H groups in total. The largest absolute Gasteiger partial charge is 0.483 e. The van der Waals surface area contributed by atoms with Gasteiger partial charge in [0.05, 0.1) is 27.7 Å². The van der Waals surface area contributed by atoms with Crippen LogP contribution < -0.4 is 0 Å². The molecule has 0 aliphatic heterocycles. The molecule has 0 heterocycles. The van der Waals surface area contributed by atoms with Gasteiger partial charge in [0.25, 0.3) is 6.47 Å². The first-order valence-corrected chi connectivity index (χ1v) is 5.36. The smallest absolute Gasteiger partial charge is 0.290 e. The van der Waals surface area contributed by atoms with E-state index in [1.165, 1.54) is 38.6 Å². The minimum atomic E-state index is -0.250. The van der Waals surface area contributed by atoms with Gasteiger partial charge in [0, 0.05) is 0 Å². The summed E-state index contributed by atoms with van der Waals surface area (Å²) in [5.41, 5.74) is 0. The third-order valence-electron chi connectivity index (χ3n) is 1.93. The fourth-order valence-electron chi connectivity index (χ4n) is 1.19. The van der Waals surface area contributed by atoms with Crippen LogP contribution in [0.15, 0.2) is 0 Å². The summed E-state index contributed by atoms with van der Waals surface area (Å²) in [5.74, 6) is 0. The van der Waals surface area contributed by atoms with Gasteiger partial charge in [0.15, 0.2) is 0 Å². The zero-order chi connectivity index (χ0) is 11.4. The Morgan fingerprint density at radius 2 is 1.50 bits per heavy atom. The molecule has 0 atom stereocenters. The van der Waals surface area contributed by atoms with Crippen LogP contribution in [0.3, 0.4) is 0 Å². The van der Waals surface area contributed by atoms with Crippen molar-refractivity contribution >= 4 is 6.47 Å². The molecular formula is C11H26NO2+. The molecule has 0 aromatic rings. The van der Waals surface area contributed by atoms with Crippen molar-refractivity contribution in [1.82, 2.24) is 0 Å². The SMILES string of the molecule is CCCCCCC[N+](C)(C)C.O=CO. The Bertz CT molecular complexity index is 119. The summed E-state index contributed by atoms with van der Waals surface area (Å²) >= 11 is 0. The summed E-state index contributed by atoms with van der Waals surface area (Å²) in [4.78, 5) is 8.36. The first kappa shape index (κ1) is 15.9. The average molecular weight is 204 g/mol. The van der Waals surface area contributed by atoms with E-state index >= 15 is 0 Å². The number of hydrogen-bond donors (Lipinski definition) is 1. The van der Waals surface area contributed by atoms with Crippen LogP contribution in [0.2, 0.25) is 0 Å². The normalized spacial score (nSPS) is 10.3. The molecule has 0 radical (unpaired) electrons. The number of rotatable bonds is 6. The molecule has 0 rings (SSSR count). The molecule has 3 nitrogen and oxygen atoms in total. The van der Waals surface area contributed by atoms with Crippen molar-refractivity contribution < 1.29 is 14.4 Å². The van der Waals surface area contributed by atoms with Gasteiger partial charge in [-0.3, -0.25) is 4.79 Å². The number of carbonyl (C=O) groups is 1. The maximum absolute atomic E-state index is 8.36. The van der Waals surface area contributed by atoms with Gasteiger partial charge in [-0.15, -0.1) is 0 Å². The highest BCUT2D eigenvalue weighted by Gasteiger charge is 2.04. The van der Waals surface area contributed by atoms with E-state index in [0.29, 0.717) is 0 Å². The van der Waals surface area contributed by atoms with Gasteiger partial charge >= 0.3 is 0 Å². The Hall–Kier alpha value is -0.570. The molecule has 0 unspecified atom stereocenters.